The van der Waals surface area contributed by atoms with E-state index in [2.05, 4.69) is 5.32 Å². The van der Waals surface area contributed by atoms with Crippen LogP contribution in [-0.4, -0.2) is 11.1 Å². The Bertz CT molecular complexity index is 611. The molecule has 0 aliphatic heterocycles. The van der Waals surface area contributed by atoms with E-state index in [9.17, 15) is 9.18 Å². The Morgan fingerprint density at radius 1 is 1.26 bits per heavy atom. The number of aromatic carboxylic acids is 1. The Hall–Kier alpha value is -2.36. The second-order valence-corrected chi connectivity index (χ2v) is 4.34. The van der Waals surface area contributed by atoms with Crippen LogP contribution in [0.2, 0.25) is 0 Å². The van der Waals surface area contributed by atoms with Crippen molar-refractivity contribution in [2.75, 3.05) is 5.32 Å². The van der Waals surface area contributed by atoms with Gasteiger partial charge in [0.05, 0.1) is 5.56 Å². The third kappa shape index (κ3) is 3.31. The standard InChI is InChI=1S/C15H14FNO2/c1-10-3-2-4-11(7-10)9-17-12-5-6-13(15(18)19)14(16)8-12/h2-8,17H,9H2,1H3,(H,18,19). The average Bonchev–Trinajstić information content (AvgIpc) is 2.36. The molecule has 2 aromatic carbocycles. The highest BCUT2D eigenvalue weighted by Gasteiger charge is 2.10. The number of anilines is 1. The van der Waals surface area contributed by atoms with E-state index in [0.29, 0.717) is 12.2 Å². The molecule has 4 heteroatoms. The van der Waals surface area contributed by atoms with Crippen molar-refractivity contribution >= 4 is 11.7 Å². The van der Waals surface area contributed by atoms with Gasteiger partial charge in [-0.15, -0.1) is 0 Å². The van der Waals surface area contributed by atoms with Gasteiger partial charge in [-0.05, 0) is 30.7 Å². The minimum Gasteiger partial charge on any atom is -0.478 e. The van der Waals surface area contributed by atoms with Crippen LogP contribution in [0.25, 0.3) is 0 Å². The van der Waals surface area contributed by atoms with E-state index < -0.39 is 11.8 Å². The van der Waals surface area contributed by atoms with Crippen LogP contribution in [0.1, 0.15) is 21.5 Å². The quantitative estimate of drug-likeness (QED) is 0.884. The maximum atomic E-state index is 13.5. The Labute approximate surface area is 110 Å². The van der Waals surface area contributed by atoms with E-state index in [1.54, 1.807) is 6.07 Å². The van der Waals surface area contributed by atoms with Crippen molar-refractivity contribution in [3.05, 3.63) is 65.0 Å². The van der Waals surface area contributed by atoms with Crippen LogP contribution >= 0.6 is 0 Å². The number of rotatable bonds is 4. The largest absolute Gasteiger partial charge is 0.478 e. The molecule has 3 nitrogen and oxygen atoms in total. The summed E-state index contributed by atoms with van der Waals surface area (Å²) in [6, 6.07) is 12.0. The summed E-state index contributed by atoms with van der Waals surface area (Å²) in [5.41, 5.74) is 2.49. The number of carbonyl (C=O) groups is 1. The molecule has 98 valence electrons. The fourth-order valence-electron chi connectivity index (χ4n) is 1.82. The molecule has 0 atom stereocenters. The van der Waals surface area contributed by atoms with E-state index in [1.165, 1.54) is 12.1 Å². The molecule has 2 N–H and O–H groups in total. The molecule has 0 aliphatic carbocycles. The van der Waals surface area contributed by atoms with Crippen molar-refractivity contribution in [2.45, 2.75) is 13.5 Å². The first kappa shape index (κ1) is 13.1. The molecule has 0 saturated carbocycles. The topological polar surface area (TPSA) is 49.3 Å². The SMILES string of the molecule is Cc1cccc(CNc2ccc(C(=O)O)c(F)c2)c1. The highest BCUT2D eigenvalue weighted by molar-refractivity contribution is 5.88. The molecule has 2 aromatic rings. The predicted molar refractivity (Wildman–Crippen MR) is 71.9 cm³/mol. The lowest BCUT2D eigenvalue weighted by Crippen LogP contribution is -2.03. The molecule has 2 rings (SSSR count). The van der Waals surface area contributed by atoms with Gasteiger partial charge in [-0.3, -0.25) is 0 Å². The average molecular weight is 259 g/mol. The van der Waals surface area contributed by atoms with E-state index in [-0.39, 0.29) is 5.56 Å². The van der Waals surface area contributed by atoms with Crippen LogP contribution in [0.5, 0.6) is 0 Å². The van der Waals surface area contributed by atoms with E-state index >= 15 is 0 Å². The number of nitrogens with one attached hydrogen (secondary N) is 1. The van der Waals surface area contributed by atoms with Crippen molar-refractivity contribution in [3.63, 3.8) is 0 Å². The molecule has 0 unspecified atom stereocenters. The second-order valence-electron chi connectivity index (χ2n) is 4.34. The van der Waals surface area contributed by atoms with Gasteiger partial charge in [0.2, 0.25) is 0 Å². The second kappa shape index (κ2) is 5.52. The molecule has 0 aromatic heterocycles. The van der Waals surface area contributed by atoms with E-state index in [4.69, 9.17) is 5.11 Å². The summed E-state index contributed by atoms with van der Waals surface area (Å²) in [5.74, 6) is -2.00. The Balaban J connectivity index is 2.08. The highest BCUT2D eigenvalue weighted by Crippen LogP contribution is 2.16. The van der Waals surface area contributed by atoms with Gasteiger partial charge in [-0.2, -0.15) is 0 Å². The van der Waals surface area contributed by atoms with Crippen LogP contribution in [0, 0.1) is 12.7 Å². The smallest absolute Gasteiger partial charge is 0.338 e. The summed E-state index contributed by atoms with van der Waals surface area (Å²) < 4.78 is 13.5. The number of halogens is 1. The van der Waals surface area contributed by atoms with Crippen LogP contribution in [0.3, 0.4) is 0 Å². The third-order valence-corrected chi connectivity index (χ3v) is 2.78. The molecule has 0 heterocycles. The summed E-state index contributed by atoms with van der Waals surface area (Å²) in [4.78, 5) is 10.7. The molecule has 0 spiro atoms. The number of hydrogen-bond donors (Lipinski definition) is 2. The number of carboxylic acids is 1. The van der Waals surface area contributed by atoms with Crippen molar-refractivity contribution in [3.8, 4) is 0 Å². The van der Waals surface area contributed by atoms with Gasteiger partial charge in [0.15, 0.2) is 0 Å². The van der Waals surface area contributed by atoms with Gasteiger partial charge < -0.3 is 10.4 Å². The third-order valence-electron chi connectivity index (χ3n) is 2.78. The van der Waals surface area contributed by atoms with Crippen LogP contribution in [0.4, 0.5) is 10.1 Å². The normalized spacial score (nSPS) is 10.2. The van der Waals surface area contributed by atoms with Gasteiger partial charge >= 0.3 is 5.97 Å². The number of carboxylic acid groups (broad SMARTS) is 1. The van der Waals surface area contributed by atoms with Crippen molar-refractivity contribution < 1.29 is 14.3 Å². The summed E-state index contributed by atoms with van der Waals surface area (Å²) in [5, 5.41) is 11.8. The van der Waals surface area contributed by atoms with Crippen molar-refractivity contribution in [2.24, 2.45) is 0 Å². The minimum absolute atomic E-state index is 0.318. The fraction of sp³-hybridized carbons (Fsp3) is 0.133. The van der Waals surface area contributed by atoms with Crippen LogP contribution < -0.4 is 5.32 Å². The molecular weight excluding hydrogens is 245 g/mol. The number of hydrogen-bond acceptors (Lipinski definition) is 2. The lowest BCUT2D eigenvalue weighted by atomic mass is 10.1. The van der Waals surface area contributed by atoms with Crippen LogP contribution in [0.15, 0.2) is 42.5 Å². The summed E-state index contributed by atoms with van der Waals surface area (Å²) in [7, 11) is 0. The highest BCUT2D eigenvalue weighted by atomic mass is 19.1. The van der Waals surface area contributed by atoms with Crippen LogP contribution in [-0.2, 0) is 6.54 Å². The molecule has 0 aliphatic rings. The summed E-state index contributed by atoms with van der Waals surface area (Å²) >= 11 is 0. The van der Waals surface area contributed by atoms with Gasteiger partial charge in [0.1, 0.15) is 5.82 Å². The Kier molecular flexibility index (Phi) is 3.80. The first-order valence-electron chi connectivity index (χ1n) is 5.88. The van der Waals surface area contributed by atoms with Gasteiger partial charge in [0.25, 0.3) is 0 Å². The fourth-order valence-corrected chi connectivity index (χ4v) is 1.82. The maximum Gasteiger partial charge on any atom is 0.338 e. The summed E-state index contributed by atoms with van der Waals surface area (Å²) in [6.07, 6.45) is 0. The molecule has 19 heavy (non-hydrogen) atoms. The van der Waals surface area contributed by atoms with E-state index in [1.807, 2.05) is 31.2 Å². The maximum absolute atomic E-state index is 13.5. The monoisotopic (exact) mass is 259 g/mol. The van der Waals surface area contributed by atoms with Gasteiger partial charge in [-0.25, -0.2) is 9.18 Å². The van der Waals surface area contributed by atoms with Crippen molar-refractivity contribution in [1.82, 2.24) is 0 Å². The number of benzene rings is 2. The minimum atomic E-state index is -1.26. The zero-order valence-electron chi connectivity index (χ0n) is 10.5. The zero-order chi connectivity index (χ0) is 13.8. The van der Waals surface area contributed by atoms with E-state index in [0.717, 1.165) is 11.1 Å². The molecule has 0 fully saturated rings. The lowest BCUT2D eigenvalue weighted by molar-refractivity contribution is 0.0692. The molecule has 0 amide bonds. The van der Waals surface area contributed by atoms with Crippen molar-refractivity contribution in [1.29, 1.82) is 0 Å². The molecule has 0 saturated heterocycles. The first-order chi connectivity index (χ1) is 9.06. The predicted octanol–water partition coefficient (Wildman–Crippen LogP) is 3.44. The van der Waals surface area contributed by atoms with Gasteiger partial charge in [-0.1, -0.05) is 29.8 Å². The van der Waals surface area contributed by atoms with Gasteiger partial charge in [0, 0.05) is 12.2 Å². The lowest BCUT2D eigenvalue weighted by Gasteiger charge is -2.08. The number of aryl methyl sites for hydroxylation is 1. The summed E-state index contributed by atoms with van der Waals surface area (Å²) in [6.45, 7) is 2.57. The Morgan fingerprint density at radius 2 is 2.05 bits per heavy atom. The molecule has 0 bridgehead atoms. The Morgan fingerprint density at radius 3 is 2.68 bits per heavy atom. The molecule has 0 radical (unpaired) electrons. The first-order valence-corrected chi connectivity index (χ1v) is 5.88. The molecular formula is C15H14FNO2. The zero-order valence-corrected chi connectivity index (χ0v) is 10.5.